The lowest BCUT2D eigenvalue weighted by Gasteiger charge is -2.40. The Morgan fingerprint density at radius 1 is 1.16 bits per heavy atom. The highest BCUT2D eigenvalue weighted by Gasteiger charge is 2.36. The molecule has 9 nitrogen and oxygen atoms in total. The van der Waals surface area contributed by atoms with Gasteiger partial charge in [0.2, 0.25) is 6.41 Å². The van der Waals surface area contributed by atoms with Gasteiger partial charge >= 0.3 is 12.1 Å². The van der Waals surface area contributed by atoms with Crippen molar-refractivity contribution in [3.05, 3.63) is 29.6 Å². The lowest BCUT2D eigenvalue weighted by molar-refractivity contribution is -0.121. The maximum absolute atomic E-state index is 12.7. The predicted octanol–water partition coefficient (Wildman–Crippen LogP) is 3.44. The molecule has 2 amide bonds. The van der Waals surface area contributed by atoms with Gasteiger partial charge in [0.25, 0.3) is 0 Å². The van der Waals surface area contributed by atoms with E-state index in [0.29, 0.717) is 12.2 Å². The van der Waals surface area contributed by atoms with E-state index in [4.69, 9.17) is 14.2 Å². The Kier molecular flexibility index (Phi) is 10.1. The molecule has 2 rings (SSSR count). The van der Waals surface area contributed by atoms with Gasteiger partial charge in [0.1, 0.15) is 5.60 Å². The zero-order valence-electron chi connectivity index (χ0n) is 20.5. The van der Waals surface area contributed by atoms with Crippen molar-refractivity contribution in [3.63, 3.8) is 0 Å². The molecule has 1 unspecified atom stereocenters. The van der Waals surface area contributed by atoms with Crippen LogP contribution in [0.15, 0.2) is 18.3 Å². The van der Waals surface area contributed by atoms with Gasteiger partial charge in [-0.05, 0) is 60.6 Å². The molecule has 0 aromatic carbocycles. The van der Waals surface area contributed by atoms with Crippen LogP contribution in [0, 0.1) is 0 Å². The van der Waals surface area contributed by atoms with Gasteiger partial charge in [0, 0.05) is 32.9 Å². The Morgan fingerprint density at radius 3 is 2.28 bits per heavy atom. The molecule has 0 bridgehead atoms. The van der Waals surface area contributed by atoms with E-state index in [1.807, 2.05) is 20.8 Å². The molecule has 1 saturated heterocycles. The van der Waals surface area contributed by atoms with E-state index in [2.05, 4.69) is 4.98 Å². The van der Waals surface area contributed by atoms with Crippen molar-refractivity contribution in [2.75, 3.05) is 33.4 Å². The smallest absolute Gasteiger partial charge is 0.410 e. The molecular weight excluding hydrogens is 414 g/mol. The Balaban J connectivity index is 0.000000751. The average molecular weight is 452 g/mol. The van der Waals surface area contributed by atoms with Crippen molar-refractivity contribution < 1.29 is 28.6 Å². The third-order valence-electron chi connectivity index (χ3n) is 4.45. The number of carbonyl (C=O) groups excluding carboxylic acids is 3. The molecule has 0 spiro atoms. The number of rotatable bonds is 4. The maximum atomic E-state index is 12.7. The summed E-state index contributed by atoms with van der Waals surface area (Å²) in [5.41, 5.74) is 0.0568. The topological polar surface area (TPSA) is 98.3 Å². The first-order valence-corrected chi connectivity index (χ1v) is 10.7. The molecule has 1 aliphatic heterocycles. The number of nitrogens with zero attached hydrogens (tertiary/aromatic N) is 3. The molecule has 2 heterocycles. The van der Waals surface area contributed by atoms with Crippen molar-refractivity contribution in [1.82, 2.24) is 14.8 Å². The van der Waals surface area contributed by atoms with Gasteiger partial charge < -0.3 is 19.1 Å². The number of piperazine rings is 1. The first-order chi connectivity index (χ1) is 14.8. The van der Waals surface area contributed by atoms with Gasteiger partial charge in [0.15, 0.2) is 0 Å². The van der Waals surface area contributed by atoms with Gasteiger partial charge in [-0.25, -0.2) is 9.59 Å². The summed E-state index contributed by atoms with van der Waals surface area (Å²) >= 11 is 0. The summed E-state index contributed by atoms with van der Waals surface area (Å²) < 4.78 is 15.5. The fourth-order valence-electron chi connectivity index (χ4n) is 2.74. The second kappa shape index (κ2) is 11.8. The third-order valence-corrected chi connectivity index (χ3v) is 4.45. The van der Waals surface area contributed by atoms with Gasteiger partial charge in [0.05, 0.1) is 29.5 Å². The van der Waals surface area contributed by atoms with Crippen molar-refractivity contribution in [2.45, 2.75) is 65.7 Å². The van der Waals surface area contributed by atoms with Gasteiger partial charge in [-0.2, -0.15) is 0 Å². The minimum atomic E-state index is -0.655. The minimum absolute atomic E-state index is 0.0417. The van der Waals surface area contributed by atoms with E-state index < -0.39 is 23.7 Å². The van der Waals surface area contributed by atoms with Gasteiger partial charge in [-0.1, -0.05) is 0 Å². The average Bonchev–Trinajstić information content (AvgIpc) is 2.72. The molecule has 1 fully saturated rings. The minimum Gasteiger partial charge on any atom is -0.462 e. The molecule has 0 N–H and O–H groups in total. The summed E-state index contributed by atoms with van der Waals surface area (Å²) in [5, 5.41) is 0. The van der Waals surface area contributed by atoms with Crippen LogP contribution in [-0.4, -0.2) is 77.8 Å². The van der Waals surface area contributed by atoms with Crippen LogP contribution in [0.5, 0.6) is 0 Å². The molecule has 1 aliphatic rings. The Hall–Kier alpha value is -2.68. The van der Waals surface area contributed by atoms with Crippen LogP contribution in [0.1, 0.15) is 70.6 Å². The third kappa shape index (κ3) is 8.82. The van der Waals surface area contributed by atoms with E-state index in [1.165, 1.54) is 4.90 Å². The normalized spacial score (nSPS) is 16.6. The van der Waals surface area contributed by atoms with E-state index >= 15 is 0 Å². The monoisotopic (exact) mass is 451 g/mol. The maximum Gasteiger partial charge on any atom is 0.410 e. The number of pyridine rings is 1. The zero-order chi connectivity index (χ0) is 24.5. The number of aromatic nitrogens is 1. The number of carbonyl (C=O) groups is 3. The van der Waals surface area contributed by atoms with Crippen LogP contribution in [0.25, 0.3) is 0 Å². The number of methoxy groups -OCH3 is 1. The molecular formula is C23H37N3O6. The Bertz CT molecular complexity index is 770. The van der Waals surface area contributed by atoms with E-state index in [0.717, 1.165) is 6.41 Å². The largest absolute Gasteiger partial charge is 0.462 e. The summed E-state index contributed by atoms with van der Waals surface area (Å²) in [5.74, 6) is -0.511. The summed E-state index contributed by atoms with van der Waals surface area (Å²) in [4.78, 5) is 43.6. The number of amides is 2. The Labute approximate surface area is 191 Å². The predicted molar refractivity (Wildman–Crippen MR) is 120 cm³/mol. The molecule has 1 aromatic heterocycles. The number of esters is 1. The molecule has 1 atom stereocenters. The van der Waals surface area contributed by atoms with Crippen LogP contribution in [-0.2, 0) is 19.0 Å². The zero-order valence-corrected chi connectivity index (χ0v) is 20.5. The number of hydrogen-bond donors (Lipinski definition) is 0. The van der Waals surface area contributed by atoms with Crippen molar-refractivity contribution in [3.8, 4) is 0 Å². The molecule has 9 heteroatoms. The lowest BCUT2D eigenvalue weighted by atomic mass is 10.0. The lowest BCUT2D eigenvalue weighted by Crippen LogP contribution is -2.51. The van der Waals surface area contributed by atoms with Gasteiger partial charge in [-0.15, -0.1) is 0 Å². The van der Waals surface area contributed by atoms with Crippen LogP contribution < -0.4 is 0 Å². The molecule has 32 heavy (non-hydrogen) atoms. The number of ether oxygens (including phenoxy) is 3. The van der Waals surface area contributed by atoms with Gasteiger partial charge in [-0.3, -0.25) is 14.7 Å². The van der Waals surface area contributed by atoms with Crippen LogP contribution in [0.2, 0.25) is 0 Å². The summed E-state index contributed by atoms with van der Waals surface area (Å²) in [6, 6.07) is 2.64. The first kappa shape index (κ1) is 27.4. The fourth-order valence-corrected chi connectivity index (χ4v) is 2.74. The Morgan fingerprint density at radius 2 is 1.78 bits per heavy atom. The van der Waals surface area contributed by atoms with Crippen LogP contribution in [0.4, 0.5) is 4.79 Å². The molecule has 1 aromatic rings. The molecule has 0 saturated carbocycles. The molecule has 180 valence electrons. The van der Waals surface area contributed by atoms with E-state index in [-0.39, 0.29) is 30.9 Å². The van der Waals surface area contributed by atoms with E-state index in [9.17, 15) is 14.4 Å². The second-order valence-electron chi connectivity index (χ2n) is 9.26. The van der Waals surface area contributed by atoms with E-state index in [1.54, 1.807) is 58.0 Å². The summed E-state index contributed by atoms with van der Waals surface area (Å²) in [7, 11) is 1.71. The van der Waals surface area contributed by atoms with Crippen molar-refractivity contribution >= 4 is 18.5 Å². The first-order valence-electron chi connectivity index (χ1n) is 10.7. The molecule has 0 aliphatic carbocycles. The van der Waals surface area contributed by atoms with Crippen molar-refractivity contribution in [1.29, 1.82) is 0 Å². The highest BCUT2D eigenvalue weighted by Crippen LogP contribution is 2.28. The quantitative estimate of drug-likeness (QED) is 0.511. The SMILES string of the molecule is CCOC(=O)c1cccnc1C1CN(C=O)CCN1C(=O)OC(C)(C)C.COC(C)(C)C. The van der Waals surface area contributed by atoms with Crippen LogP contribution in [0.3, 0.4) is 0 Å². The standard InChI is InChI=1S/C18H25N3O5.C5H12O/c1-5-25-16(23)13-7-6-8-19-15(13)14-11-20(12-22)9-10-21(14)17(24)26-18(2,3)4;1-5(2,3)6-4/h6-8,12,14H,5,9-11H2,1-4H3;1-4H3. The fraction of sp³-hybridized carbons (Fsp3) is 0.652. The highest BCUT2D eigenvalue weighted by molar-refractivity contribution is 5.91. The summed E-state index contributed by atoms with van der Waals surface area (Å²) in [6.45, 7) is 14.3. The van der Waals surface area contributed by atoms with Crippen LogP contribution >= 0.6 is 0 Å². The van der Waals surface area contributed by atoms with Crippen molar-refractivity contribution in [2.24, 2.45) is 0 Å². The number of hydrogen-bond acceptors (Lipinski definition) is 7. The molecule has 0 radical (unpaired) electrons. The second-order valence-corrected chi connectivity index (χ2v) is 9.26. The summed E-state index contributed by atoms with van der Waals surface area (Å²) in [6.07, 6.45) is 1.77. The highest BCUT2D eigenvalue weighted by atomic mass is 16.6.